The Morgan fingerprint density at radius 2 is 1.20 bits per heavy atom. The van der Waals surface area contributed by atoms with Crippen LogP contribution in [-0.4, -0.2) is 14.5 Å². The average Bonchev–Trinajstić information content (AvgIpc) is 3.59. The zero-order valence-corrected chi connectivity index (χ0v) is 30.4. The van der Waals surface area contributed by atoms with Crippen molar-refractivity contribution in [1.82, 2.24) is 14.5 Å². The van der Waals surface area contributed by atoms with Crippen LogP contribution in [-0.2, 0) is 0 Å². The number of hydrogen-bond acceptors (Lipinski definition) is 2. The van der Waals surface area contributed by atoms with Crippen LogP contribution in [0.25, 0.3) is 87.7 Å². The number of allylic oxidation sites excluding steroid dienone is 8. The molecule has 0 saturated carbocycles. The van der Waals surface area contributed by atoms with Gasteiger partial charge in [0, 0.05) is 40.4 Å². The van der Waals surface area contributed by atoms with E-state index in [9.17, 15) is 0 Å². The molecule has 0 aliphatic heterocycles. The van der Waals surface area contributed by atoms with Gasteiger partial charge in [0.25, 0.3) is 0 Å². The van der Waals surface area contributed by atoms with Gasteiger partial charge in [-0.2, -0.15) is 0 Å². The molecule has 260 valence electrons. The zero-order valence-electron chi connectivity index (χ0n) is 30.4. The summed E-state index contributed by atoms with van der Waals surface area (Å²) in [6.45, 7) is 0. The maximum absolute atomic E-state index is 5.02. The quantitative estimate of drug-likeness (QED) is 0.167. The van der Waals surface area contributed by atoms with Crippen LogP contribution in [0.15, 0.2) is 182 Å². The molecular formula is C52H37N3. The minimum atomic E-state index is 0.293. The molecular weight excluding hydrogens is 667 g/mol. The number of pyridine rings is 2. The Morgan fingerprint density at radius 1 is 0.509 bits per heavy atom. The van der Waals surface area contributed by atoms with Gasteiger partial charge < -0.3 is 4.57 Å². The van der Waals surface area contributed by atoms with E-state index in [1.54, 1.807) is 0 Å². The summed E-state index contributed by atoms with van der Waals surface area (Å²) in [5, 5.41) is 10.1. The highest BCUT2D eigenvalue weighted by Gasteiger charge is 2.21. The van der Waals surface area contributed by atoms with E-state index in [1.165, 1.54) is 87.5 Å². The number of hydrogen-bond donors (Lipinski definition) is 0. The minimum Gasteiger partial charge on any atom is -0.333 e. The summed E-state index contributed by atoms with van der Waals surface area (Å²) in [6.07, 6.45) is 22.4. The van der Waals surface area contributed by atoms with Gasteiger partial charge >= 0.3 is 0 Å². The molecule has 1 unspecified atom stereocenters. The minimum absolute atomic E-state index is 0.293. The van der Waals surface area contributed by atoms with Gasteiger partial charge in [-0.1, -0.05) is 134 Å². The molecule has 6 aromatic carbocycles. The van der Waals surface area contributed by atoms with Gasteiger partial charge in [-0.25, -0.2) is 0 Å². The van der Waals surface area contributed by atoms with Gasteiger partial charge in [0.15, 0.2) is 0 Å². The monoisotopic (exact) mass is 703 g/mol. The maximum Gasteiger partial charge on any atom is 0.0702 e. The number of nitrogens with zero attached hydrogens (tertiary/aromatic N) is 3. The highest BCUT2D eigenvalue weighted by Crippen LogP contribution is 2.45. The molecule has 0 amide bonds. The van der Waals surface area contributed by atoms with Crippen LogP contribution in [0.2, 0.25) is 0 Å². The predicted molar refractivity (Wildman–Crippen MR) is 232 cm³/mol. The number of aromatic nitrogens is 3. The van der Waals surface area contributed by atoms with Crippen LogP contribution in [0, 0.1) is 0 Å². The van der Waals surface area contributed by atoms with Crippen LogP contribution in [0.3, 0.4) is 0 Å². The van der Waals surface area contributed by atoms with E-state index in [0.717, 1.165) is 30.5 Å². The number of benzene rings is 6. The van der Waals surface area contributed by atoms with Crippen molar-refractivity contribution < 1.29 is 0 Å². The summed E-state index contributed by atoms with van der Waals surface area (Å²) < 4.78 is 2.45. The lowest BCUT2D eigenvalue weighted by molar-refractivity contribution is 0.648. The molecule has 0 saturated heterocycles. The summed E-state index contributed by atoms with van der Waals surface area (Å²) in [6, 6.07) is 47.0. The summed E-state index contributed by atoms with van der Waals surface area (Å²) >= 11 is 0. The lowest BCUT2D eigenvalue weighted by atomic mass is 9.82. The van der Waals surface area contributed by atoms with Gasteiger partial charge in [-0.05, 0) is 115 Å². The van der Waals surface area contributed by atoms with Gasteiger partial charge in [0.2, 0.25) is 0 Å². The summed E-state index contributed by atoms with van der Waals surface area (Å²) in [4.78, 5) is 9.51. The fraction of sp³-hybridized carbons (Fsp3) is 0.0769. The molecule has 0 N–H and O–H groups in total. The molecule has 11 rings (SSSR count). The van der Waals surface area contributed by atoms with Crippen LogP contribution in [0.1, 0.15) is 36.4 Å². The van der Waals surface area contributed by atoms with Crippen molar-refractivity contribution in [2.75, 3.05) is 0 Å². The van der Waals surface area contributed by atoms with Crippen molar-refractivity contribution in [3.05, 3.63) is 194 Å². The zero-order chi connectivity index (χ0) is 36.3. The highest BCUT2D eigenvalue weighted by atomic mass is 15.0. The van der Waals surface area contributed by atoms with Crippen molar-refractivity contribution in [1.29, 1.82) is 0 Å². The maximum atomic E-state index is 5.02. The molecule has 2 aliphatic rings. The Labute approximate surface area is 319 Å². The van der Waals surface area contributed by atoms with Gasteiger partial charge in [-0.3, -0.25) is 9.97 Å². The molecule has 0 spiro atoms. The standard InChI is InChI=1S/C52H37N3/c1-2-12-41(13-3-1)55-49-27-25-38(31-46(49)47-33-53-29-28-50(47)55)48-26-24-40(32-54-48)35-18-21-36(22-19-35)51-42-14-6-8-16-44(42)52(45-17-9-7-15-43(45)51)39-23-20-34-10-4-5-11-37(34)30-39/h1-12,14-18,20-21,23-33,41H,13,19,22H2. The fourth-order valence-corrected chi connectivity index (χ4v) is 9.14. The third kappa shape index (κ3) is 5.26. The topological polar surface area (TPSA) is 30.7 Å². The van der Waals surface area contributed by atoms with Gasteiger partial charge in [-0.15, -0.1) is 0 Å². The molecule has 0 bridgehead atoms. The smallest absolute Gasteiger partial charge is 0.0702 e. The largest absolute Gasteiger partial charge is 0.333 e. The van der Waals surface area contributed by atoms with Crippen molar-refractivity contribution in [2.24, 2.45) is 0 Å². The van der Waals surface area contributed by atoms with E-state index in [-0.39, 0.29) is 0 Å². The average molecular weight is 704 g/mol. The fourth-order valence-electron chi connectivity index (χ4n) is 9.14. The number of rotatable bonds is 5. The second-order valence-electron chi connectivity index (χ2n) is 14.8. The lowest BCUT2D eigenvalue weighted by Crippen LogP contribution is -2.06. The first-order valence-electron chi connectivity index (χ1n) is 19.3. The molecule has 3 heterocycles. The molecule has 0 radical (unpaired) electrons. The first kappa shape index (κ1) is 31.7. The summed E-state index contributed by atoms with van der Waals surface area (Å²) in [5.41, 5.74) is 12.3. The molecule has 55 heavy (non-hydrogen) atoms. The Morgan fingerprint density at radius 3 is 1.93 bits per heavy atom. The lowest BCUT2D eigenvalue weighted by Gasteiger charge is -2.21. The first-order chi connectivity index (χ1) is 27.3. The van der Waals surface area contributed by atoms with E-state index in [0.29, 0.717) is 6.04 Å². The normalized spacial score (nSPS) is 15.7. The van der Waals surface area contributed by atoms with Crippen molar-refractivity contribution >= 4 is 65.3 Å². The third-order valence-electron chi connectivity index (χ3n) is 11.8. The Hall–Kier alpha value is -6.84. The Bertz CT molecular complexity index is 3060. The van der Waals surface area contributed by atoms with E-state index in [4.69, 9.17) is 4.98 Å². The molecule has 3 nitrogen and oxygen atoms in total. The van der Waals surface area contributed by atoms with Crippen LogP contribution >= 0.6 is 0 Å². The van der Waals surface area contributed by atoms with Crippen LogP contribution < -0.4 is 0 Å². The SMILES string of the molecule is C1=CCC(n2c3ccncc3c3cc(-c4ccc(C5=CC=C(c6c7ccccc7c(-c7ccc8ccccc8c7)c7ccccc67)CC5)cn4)ccc32)C=C1. The summed E-state index contributed by atoms with van der Waals surface area (Å²) in [5.74, 6) is 0. The second kappa shape index (κ2) is 12.9. The summed E-state index contributed by atoms with van der Waals surface area (Å²) in [7, 11) is 0. The van der Waals surface area contributed by atoms with Crippen molar-refractivity contribution in [3.63, 3.8) is 0 Å². The Balaban J connectivity index is 0.948. The molecule has 3 aromatic heterocycles. The molecule has 0 fully saturated rings. The van der Waals surface area contributed by atoms with Crippen LogP contribution in [0.5, 0.6) is 0 Å². The van der Waals surface area contributed by atoms with Gasteiger partial charge in [0.05, 0.1) is 17.3 Å². The van der Waals surface area contributed by atoms with Crippen molar-refractivity contribution in [3.8, 4) is 22.4 Å². The van der Waals surface area contributed by atoms with E-state index in [2.05, 4.69) is 180 Å². The number of fused-ring (bicyclic) bond motifs is 6. The first-order valence-corrected chi connectivity index (χ1v) is 19.3. The van der Waals surface area contributed by atoms with E-state index < -0.39 is 0 Å². The molecule has 1 atom stereocenters. The Kier molecular flexibility index (Phi) is 7.44. The second-order valence-corrected chi connectivity index (χ2v) is 14.8. The molecule has 9 aromatic rings. The highest BCUT2D eigenvalue weighted by molar-refractivity contribution is 6.19. The molecule has 3 heteroatoms. The van der Waals surface area contributed by atoms with Gasteiger partial charge in [0.1, 0.15) is 0 Å². The molecule has 2 aliphatic carbocycles. The predicted octanol–water partition coefficient (Wildman–Crippen LogP) is 13.7. The van der Waals surface area contributed by atoms with E-state index >= 15 is 0 Å². The van der Waals surface area contributed by atoms with Crippen molar-refractivity contribution in [2.45, 2.75) is 25.3 Å². The third-order valence-corrected chi connectivity index (χ3v) is 11.8. The van der Waals surface area contributed by atoms with E-state index in [1.807, 2.05) is 12.4 Å². The van der Waals surface area contributed by atoms with Crippen LogP contribution in [0.4, 0.5) is 0 Å².